The molecule has 0 saturated heterocycles. The Hall–Kier alpha value is -1.16. The highest BCUT2D eigenvalue weighted by molar-refractivity contribution is 7.99. The number of phenols is 1. The molecule has 0 bridgehead atoms. The summed E-state index contributed by atoms with van der Waals surface area (Å²) in [5.41, 5.74) is 2.02. The molecule has 1 atom stereocenters. The van der Waals surface area contributed by atoms with Crippen molar-refractivity contribution in [3.63, 3.8) is 0 Å². The summed E-state index contributed by atoms with van der Waals surface area (Å²) in [5.74, 6) is 1.24. The molecule has 1 N–H and O–H groups in total. The molecule has 0 fully saturated rings. The molecule has 0 saturated carbocycles. The summed E-state index contributed by atoms with van der Waals surface area (Å²) < 4.78 is 4.68. The fraction of sp³-hybridized carbons (Fsp3) is 0.417. The number of thioether (sulfide) groups is 1. The van der Waals surface area contributed by atoms with E-state index in [-0.39, 0.29) is 11.9 Å². The number of ether oxygens (including phenoxy) is 1. The van der Waals surface area contributed by atoms with Crippen LogP contribution in [0.4, 0.5) is 0 Å². The predicted molar refractivity (Wildman–Crippen MR) is 62.9 cm³/mol. The van der Waals surface area contributed by atoms with Crippen molar-refractivity contribution in [1.29, 1.82) is 0 Å². The van der Waals surface area contributed by atoms with Gasteiger partial charge in [0.15, 0.2) is 0 Å². The Balaban J connectivity index is 2.25. The van der Waals surface area contributed by atoms with E-state index in [9.17, 15) is 9.90 Å². The fourth-order valence-corrected chi connectivity index (χ4v) is 3.14. The van der Waals surface area contributed by atoms with E-state index in [1.165, 1.54) is 7.11 Å². The van der Waals surface area contributed by atoms with Crippen molar-refractivity contribution in [1.82, 2.24) is 0 Å². The lowest BCUT2D eigenvalue weighted by atomic mass is 9.96. The molecule has 0 amide bonds. The number of benzene rings is 1. The zero-order chi connectivity index (χ0) is 11.7. The van der Waals surface area contributed by atoms with Gasteiger partial charge in [-0.1, -0.05) is 6.07 Å². The highest BCUT2D eigenvalue weighted by Crippen LogP contribution is 2.43. The summed E-state index contributed by atoms with van der Waals surface area (Å²) >= 11 is 1.68. The van der Waals surface area contributed by atoms with Crippen molar-refractivity contribution in [2.45, 2.75) is 24.2 Å². The number of carbonyl (C=O) groups is 1. The first-order valence-corrected chi connectivity index (χ1v) is 6.13. The second-order valence-electron chi connectivity index (χ2n) is 3.96. The molecule has 0 aliphatic carbocycles. The van der Waals surface area contributed by atoms with E-state index in [1.807, 2.05) is 13.0 Å². The highest BCUT2D eigenvalue weighted by Gasteiger charge is 2.26. The number of phenolic OH excluding ortho intramolecular Hbond substituents is 1. The molecule has 4 heteroatoms. The van der Waals surface area contributed by atoms with Crippen LogP contribution in [0.15, 0.2) is 17.0 Å². The smallest absolute Gasteiger partial charge is 0.306 e. The molecule has 1 aromatic carbocycles. The molecule has 86 valence electrons. The van der Waals surface area contributed by atoms with Gasteiger partial charge in [-0.15, -0.1) is 11.8 Å². The molecule has 0 radical (unpaired) electrons. The molecular weight excluding hydrogens is 224 g/mol. The molecule has 16 heavy (non-hydrogen) atoms. The zero-order valence-corrected chi connectivity index (χ0v) is 10.1. The van der Waals surface area contributed by atoms with E-state index in [0.29, 0.717) is 12.2 Å². The van der Waals surface area contributed by atoms with Crippen LogP contribution >= 0.6 is 11.8 Å². The fourth-order valence-electron chi connectivity index (χ4n) is 1.88. The number of hydrogen-bond acceptors (Lipinski definition) is 4. The second kappa shape index (κ2) is 4.37. The first-order valence-electron chi connectivity index (χ1n) is 5.15. The Morgan fingerprint density at radius 1 is 1.62 bits per heavy atom. The monoisotopic (exact) mass is 238 g/mol. The molecule has 0 spiro atoms. The van der Waals surface area contributed by atoms with Gasteiger partial charge in [-0.2, -0.15) is 0 Å². The summed E-state index contributed by atoms with van der Waals surface area (Å²) in [6.45, 7) is 1.87. The third kappa shape index (κ3) is 2.02. The first kappa shape index (κ1) is 11.3. The standard InChI is InChI=1S/C12H14O3S/c1-7-3-9-8(4-12(14)15-2)6-16-11(9)5-10(7)13/h3,5,8,13H,4,6H2,1-2H3. The van der Waals surface area contributed by atoms with Gasteiger partial charge in [0.1, 0.15) is 5.75 Å². The minimum absolute atomic E-state index is 0.177. The normalized spacial score (nSPS) is 18.2. The quantitative estimate of drug-likeness (QED) is 0.804. The third-order valence-corrected chi connectivity index (χ3v) is 4.08. The van der Waals surface area contributed by atoms with Crippen LogP contribution in [0.2, 0.25) is 0 Å². The number of rotatable bonds is 2. The van der Waals surface area contributed by atoms with E-state index in [1.54, 1.807) is 17.8 Å². The van der Waals surface area contributed by atoms with Crippen LogP contribution in [0.3, 0.4) is 0 Å². The Morgan fingerprint density at radius 2 is 2.38 bits per heavy atom. The topological polar surface area (TPSA) is 46.5 Å². The number of aromatic hydroxyl groups is 1. The van der Waals surface area contributed by atoms with Crippen LogP contribution in [-0.4, -0.2) is 23.9 Å². The third-order valence-electron chi connectivity index (χ3n) is 2.85. The molecule has 1 aromatic rings. The zero-order valence-electron chi connectivity index (χ0n) is 9.32. The maximum absolute atomic E-state index is 11.2. The van der Waals surface area contributed by atoms with Crippen LogP contribution in [0.5, 0.6) is 5.75 Å². The van der Waals surface area contributed by atoms with Gasteiger partial charge in [0.2, 0.25) is 0 Å². The number of methoxy groups -OCH3 is 1. The molecule has 1 unspecified atom stereocenters. The van der Waals surface area contributed by atoms with E-state index in [0.717, 1.165) is 21.8 Å². The summed E-state index contributed by atoms with van der Waals surface area (Å²) in [6, 6.07) is 3.75. The summed E-state index contributed by atoms with van der Waals surface area (Å²) in [5, 5.41) is 9.59. The van der Waals surface area contributed by atoms with Gasteiger partial charge >= 0.3 is 5.97 Å². The van der Waals surface area contributed by atoms with Crippen molar-refractivity contribution < 1.29 is 14.6 Å². The number of fused-ring (bicyclic) bond motifs is 1. The van der Waals surface area contributed by atoms with Gasteiger partial charge in [0.05, 0.1) is 13.5 Å². The molecule has 3 nitrogen and oxygen atoms in total. The number of hydrogen-bond donors (Lipinski definition) is 1. The Bertz CT molecular complexity index is 429. The van der Waals surface area contributed by atoms with Crippen molar-refractivity contribution in [3.05, 3.63) is 23.3 Å². The molecular formula is C12H14O3S. The van der Waals surface area contributed by atoms with Crippen molar-refractivity contribution in [2.75, 3.05) is 12.9 Å². The van der Waals surface area contributed by atoms with Crippen LogP contribution in [0.1, 0.15) is 23.5 Å². The Morgan fingerprint density at radius 3 is 3.06 bits per heavy atom. The molecule has 0 aromatic heterocycles. The number of aryl methyl sites for hydroxylation is 1. The van der Waals surface area contributed by atoms with E-state index in [2.05, 4.69) is 4.74 Å². The molecule has 1 heterocycles. The lowest BCUT2D eigenvalue weighted by molar-refractivity contribution is -0.140. The van der Waals surface area contributed by atoms with Gasteiger partial charge in [-0.25, -0.2) is 0 Å². The highest BCUT2D eigenvalue weighted by atomic mass is 32.2. The molecule has 1 aliphatic rings. The lowest BCUT2D eigenvalue weighted by Crippen LogP contribution is -2.08. The van der Waals surface area contributed by atoms with Gasteiger partial charge in [0.25, 0.3) is 0 Å². The van der Waals surface area contributed by atoms with Crippen LogP contribution in [-0.2, 0) is 9.53 Å². The van der Waals surface area contributed by atoms with Crippen LogP contribution in [0, 0.1) is 6.92 Å². The average molecular weight is 238 g/mol. The van der Waals surface area contributed by atoms with Crippen molar-refractivity contribution in [3.8, 4) is 5.75 Å². The van der Waals surface area contributed by atoms with Gasteiger partial charge in [-0.3, -0.25) is 4.79 Å². The van der Waals surface area contributed by atoms with Gasteiger partial charge < -0.3 is 9.84 Å². The Labute approximate surface area is 98.8 Å². The maximum atomic E-state index is 11.2. The molecule has 1 aliphatic heterocycles. The second-order valence-corrected chi connectivity index (χ2v) is 5.03. The van der Waals surface area contributed by atoms with Crippen LogP contribution < -0.4 is 0 Å². The van der Waals surface area contributed by atoms with Gasteiger partial charge in [0, 0.05) is 16.6 Å². The van der Waals surface area contributed by atoms with E-state index in [4.69, 9.17) is 0 Å². The Kier molecular flexibility index (Phi) is 3.10. The van der Waals surface area contributed by atoms with E-state index >= 15 is 0 Å². The largest absolute Gasteiger partial charge is 0.508 e. The average Bonchev–Trinajstić information content (AvgIpc) is 2.62. The maximum Gasteiger partial charge on any atom is 0.306 e. The summed E-state index contributed by atoms with van der Waals surface area (Å²) in [7, 11) is 1.41. The first-order chi connectivity index (χ1) is 7.61. The van der Waals surface area contributed by atoms with Crippen molar-refractivity contribution >= 4 is 17.7 Å². The predicted octanol–water partition coefficient (Wildman–Crippen LogP) is 2.45. The minimum Gasteiger partial charge on any atom is -0.508 e. The number of carbonyl (C=O) groups excluding carboxylic acids is 1. The van der Waals surface area contributed by atoms with Crippen molar-refractivity contribution in [2.24, 2.45) is 0 Å². The summed E-state index contributed by atoms with van der Waals surface area (Å²) in [4.78, 5) is 12.3. The van der Waals surface area contributed by atoms with E-state index < -0.39 is 0 Å². The summed E-state index contributed by atoms with van der Waals surface area (Å²) in [6.07, 6.45) is 0.417. The van der Waals surface area contributed by atoms with Crippen LogP contribution in [0.25, 0.3) is 0 Å². The lowest BCUT2D eigenvalue weighted by Gasteiger charge is -2.10. The molecule has 2 rings (SSSR count). The minimum atomic E-state index is -0.177. The number of esters is 1. The SMILES string of the molecule is COC(=O)CC1CSc2cc(O)c(C)cc21. The van der Waals surface area contributed by atoms with Gasteiger partial charge in [-0.05, 0) is 24.1 Å².